The Labute approximate surface area is 266 Å². The summed E-state index contributed by atoms with van der Waals surface area (Å²) in [5.74, 6) is -5.25. The lowest BCUT2D eigenvalue weighted by atomic mass is 10.1. The average molecular weight is 691 g/mol. The van der Waals surface area contributed by atoms with Crippen LogP contribution in [0.1, 0.15) is 21.8 Å². The Morgan fingerprint density at radius 3 is 2.09 bits per heavy atom. The molecule has 1 unspecified atom stereocenters. The van der Waals surface area contributed by atoms with Gasteiger partial charge in [0.2, 0.25) is 0 Å². The number of benzene rings is 1. The first-order chi connectivity index (χ1) is 21.9. The molecule has 1 fully saturated rings. The first-order valence-electron chi connectivity index (χ1n) is 13.5. The topological polar surface area (TPSA) is 142 Å². The molecule has 1 aromatic carbocycles. The summed E-state index contributed by atoms with van der Waals surface area (Å²) in [6.45, 7) is 2.15. The van der Waals surface area contributed by atoms with Crippen molar-refractivity contribution in [1.82, 2.24) is 19.4 Å². The molecule has 18 heteroatoms. The van der Waals surface area contributed by atoms with Gasteiger partial charge in [-0.05, 0) is 38.2 Å². The molecule has 2 N–H and O–H groups in total. The molecular weight excluding hydrogens is 662 g/mol. The summed E-state index contributed by atoms with van der Waals surface area (Å²) in [6.07, 6.45) is -7.51. The second-order valence-electron chi connectivity index (χ2n) is 10.1. The minimum absolute atomic E-state index is 0.104. The number of aromatic nitrogens is 2. The van der Waals surface area contributed by atoms with E-state index in [-0.39, 0.29) is 17.5 Å². The van der Waals surface area contributed by atoms with Gasteiger partial charge in [-0.15, -0.1) is 11.3 Å². The van der Waals surface area contributed by atoms with Crippen molar-refractivity contribution in [2.75, 3.05) is 34.3 Å². The lowest BCUT2D eigenvalue weighted by Gasteiger charge is -2.24. The van der Waals surface area contributed by atoms with Gasteiger partial charge in [-0.2, -0.15) is 26.3 Å². The molecule has 0 spiro atoms. The van der Waals surface area contributed by atoms with Gasteiger partial charge in [0.1, 0.15) is 10.3 Å². The van der Waals surface area contributed by atoms with Crippen molar-refractivity contribution in [1.29, 1.82) is 0 Å². The Morgan fingerprint density at radius 1 is 1.02 bits per heavy atom. The second kappa shape index (κ2) is 14.8. The van der Waals surface area contributed by atoms with Crippen LogP contribution in [0.2, 0.25) is 0 Å². The number of carbonyl (C=O) groups is 3. The highest BCUT2D eigenvalue weighted by Gasteiger charge is 2.39. The first-order valence-corrected chi connectivity index (χ1v) is 14.3. The molecule has 1 aliphatic heterocycles. The highest BCUT2D eigenvalue weighted by Crippen LogP contribution is 2.40. The summed E-state index contributed by atoms with van der Waals surface area (Å²) < 4.78 is 71.7. The van der Waals surface area contributed by atoms with Crippen molar-refractivity contribution in [3.8, 4) is 5.75 Å². The molecule has 0 bridgehead atoms. The number of fused-ring (bicyclic) bond motifs is 3. The number of pyridine rings is 2. The van der Waals surface area contributed by atoms with E-state index in [1.54, 1.807) is 15.7 Å². The van der Waals surface area contributed by atoms with Gasteiger partial charge in [0.05, 0.1) is 29.6 Å². The van der Waals surface area contributed by atoms with Crippen LogP contribution < -0.4 is 10.3 Å². The largest absolute Gasteiger partial charge is 0.494 e. The molecule has 11 nitrogen and oxygen atoms in total. The van der Waals surface area contributed by atoms with E-state index in [4.69, 9.17) is 24.5 Å². The Hall–Kier alpha value is -4.71. The Bertz CT molecular complexity index is 1780. The van der Waals surface area contributed by atoms with Crippen molar-refractivity contribution in [3.05, 3.63) is 69.6 Å². The van der Waals surface area contributed by atoms with Crippen LogP contribution in [0.15, 0.2) is 53.5 Å². The molecule has 1 atom stereocenters. The number of alkyl halides is 6. The number of carbonyl (C=O) groups excluding carboxylic acids is 1. The molecule has 5 rings (SSSR count). The predicted octanol–water partition coefficient (Wildman–Crippen LogP) is 4.71. The SMILES string of the molecule is COc1c(C(=O)N(C)C2CCN(C)C2)sc2c1c(=O)n(Cc1ccccn1)c1ccccc21.O=C(O)C(F)(F)F.O=C(O)C(F)(F)F. The summed E-state index contributed by atoms with van der Waals surface area (Å²) in [5, 5.41) is 15.6. The van der Waals surface area contributed by atoms with Gasteiger partial charge in [0, 0.05) is 31.2 Å². The summed E-state index contributed by atoms with van der Waals surface area (Å²) in [7, 11) is 5.43. The van der Waals surface area contributed by atoms with Crippen LogP contribution in [0.3, 0.4) is 0 Å². The van der Waals surface area contributed by atoms with Crippen molar-refractivity contribution in [3.63, 3.8) is 0 Å². The van der Waals surface area contributed by atoms with E-state index in [1.165, 1.54) is 18.4 Å². The van der Waals surface area contributed by atoms with E-state index in [0.29, 0.717) is 22.6 Å². The van der Waals surface area contributed by atoms with E-state index >= 15 is 0 Å². The van der Waals surface area contributed by atoms with Gasteiger partial charge in [-0.25, -0.2) is 9.59 Å². The van der Waals surface area contributed by atoms with Crippen LogP contribution >= 0.6 is 11.3 Å². The number of likely N-dealkylation sites (N-methyl/N-ethyl adjacent to an activating group) is 2. The van der Waals surface area contributed by atoms with Gasteiger partial charge in [0.15, 0.2) is 5.75 Å². The Balaban J connectivity index is 0.000000360. The van der Waals surface area contributed by atoms with Gasteiger partial charge in [0.25, 0.3) is 11.5 Å². The maximum absolute atomic E-state index is 13.8. The van der Waals surface area contributed by atoms with Gasteiger partial charge < -0.3 is 29.3 Å². The lowest BCUT2D eigenvalue weighted by Crippen LogP contribution is -2.38. The number of hydrogen-bond donors (Lipinski definition) is 2. The molecule has 0 aliphatic carbocycles. The van der Waals surface area contributed by atoms with E-state index in [2.05, 4.69) is 16.9 Å². The second-order valence-corrected chi connectivity index (χ2v) is 11.1. The maximum atomic E-state index is 13.8. The number of carboxylic acid groups (broad SMARTS) is 2. The molecule has 254 valence electrons. The number of aliphatic carboxylic acids is 2. The van der Waals surface area contributed by atoms with Crippen molar-refractivity contribution < 1.29 is 55.7 Å². The minimum Gasteiger partial charge on any atom is -0.494 e. The zero-order valence-corrected chi connectivity index (χ0v) is 25.7. The number of nitrogens with zero attached hydrogens (tertiary/aromatic N) is 4. The number of rotatable bonds is 5. The van der Waals surface area contributed by atoms with E-state index < -0.39 is 24.3 Å². The summed E-state index contributed by atoms with van der Waals surface area (Å²) in [4.78, 5) is 54.0. The number of likely N-dealkylation sites (tertiary alicyclic amines) is 1. The Morgan fingerprint density at radius 2 is 1.60 bits per heavy atom. The van der Waals surface area contributed by atoms with Crippen molar-refractivity contribution >= 4 is 50.2 Å². The van der Waals surface area contributed by atoms with Crippen molar-refractivity contribution in [2.45, 2.75) is 31.4 Å². The third kappa shape index (κ3) is 8.76. The Kier molecular flexibility index (Phi) is 11.6. The van der Waals surface area contributed by atoms with Crippen LogP contribution in [0, 0.1) is 0 Å². The number of methoxy groups -OCH3 is 1. The molecule has 1 amide bonds. The molecule has 1 saturated heterocycles. The van der Waals surface area contributed by atoms with Crippen molar-refractivity contribution in [2.24, 2.45) is 0 Å². The molecule has 3 aromatic heterocycles. The van der Waals surface area contributed by atoms with E-state index in [9.17, 15) is 35.9 Å². The molecule has 4 heterocycles. The number of hydrogen-bond acceptors (Lipinski definition) is 8. The quantitative estimate of drug-likeness (QED) is 0.285. The summed E-state index contributed by atoms with van der Waals surface area (Å²) in [5.41, 5.74) is 1.43. The summed E-state index contributed by atoms with van der Waals surface area (Å²) in [6, 6.07) is 13.6. The molecular formula is C29H28F6N4O7S. The maximum Gasteiger partial charge on any atom is 0.490 e. The van der Waals surface area contributed by atoms with Crippen LogP contribution in [0.5, 0.6) is 5.75 Å². The molecule has 4 aromatic rings. The molecule has 47 heavy (non-hydrogen) atoms. The smallest absolute Gasteiger partial charge is 0.490 e. The van der Waals surface area contributed by atoms with E-state index in [0.717, 1.165) is 40.8 Å². The number of ether oxygens (including phenoxy) is 1. The van der Waals surface area contributed by atoms with Crippen LogP contribution in [0.25, 0.3) is 21.0 Å². The number of amides is 1. The lowest BCUT2D eigenvalue weighted by molar-refractivity contribution is -0.193. The van der Waals surface area contributed by atoms with Crippen LogP contribution in [0.4, 0.5) is 26.3 Å². The monoisotopic (exact) mass is 690 g/mol. The van der Waals surface area contributed by atoms with Crippen LogP contribution in [-0.2, 0) is 16.1 Å². The third-order valence-electron chi connectivity index (χ3n) is 6.93. The fourth-order valence-corrected chi connectivity index (χ4v) is 5.92. The minimum atomic E-state index is -5.08. The fourth-order valence-electron chi connectivity index (χ4n) is 4.65. The van der Waals surface area contributed by atoms with Crippen LogP contribution in [-0.4, -0.2) is 100 Å². The van der Waals surface area contributed by atoms with Gasteiger partial charge >= 0.3 is 24.3 Å². The highest BCUT2D eigenvalue weighted by molar-refractivity contribution is 7.22. The zero-order valence-electron chi connectivity index (χ0n) is 24.9. The zero-order chi connectivity index (χ0) is 35.3. The number of thiophene rings is 1. The average Bonchev–Trinajstić information content (AvgIpc) is 3.62. The normalized spacial score (nSPS) is 15.0. The van der Waals surface area contributed by atoms with E-state index in [1.807, 2.05) is 49.5 Å². The van der Waals surface area contributed by atoms with Gasteiger partial charge in [-0.1, -0.05) is 24.3 Å². The number of halogens is 6. The molecule has 0 radical (unpaired) electrons. The fraction of sp³-hybridized carbons (Fsp3) is 0.345. The first kappa shape index (κ1) is 36.8. The highest BCUT2D eigenvalue weighted by atomic mass is 32.1. The predicted molar refractivity (Wildman–Crippen MR) is 159 cm³/mol. The number of carboxylic acids is 2. The summed E-state index contributed by atoms with van der Waals surface area (Å²) >= 11 is 1.34. The molecule has 0 saturated carbocycles. The standard InChI is InChI=1S/C25H26N4O3S.2C2HF3O2/c1-27-13-11-17(15-27)28(2)25(31)23-21(32-3)20-22(33-23)18-9-4-5-10-19(18)29(24(20)30)14-16-8-6-7-12-26-16;2*3-2(4,5)1(6)7/h4-10,12,17H,11,13-15H2,1-3H3;2*(H,6,7). The molecule has 1 aliphatic rings. The third-order valence-corrected chi connectivity index (χ3v) is 8.12. The van der Waals surface area contributed by atoms with Gasteiger partial charge in [-0.3, -0.25) is 14.6 Å². The number of para-hydroxylation sites is 1.